The Balaban J connectivity index is 1.16. The van der Waals surface area contributed by atoms with Gasteiger partial charge in [-0.2, -0.15) is 0 Å². The average molecular weight is 411 g/mol. The zero-order valence-electron chi connectivity index (χ0n) is 17.4. The molecule has 0 unspecified atom stereocenters. The molecule has 5 heteroatoms. The van der Waals surface area contributed by atoms with E-state index in [0.29, 0.717) is 0 Å². The van der Waals surface area contributed by atoms with E-state index < -0.39 is 0 Å². The molecule has 1 amide bonds. The minimum Gasteiger partial charge on any atom is -0.355 e. The van der Waals surface area contributed by atoms with Crippen molar-refractivity contribution in [2.75, 3.05) is 18.4 Å². The first-order valence-corrected chi connectivity index (χ1v) is 10.9. The van der Waals surface area contributed by atoms with Crippen molar-refractivity contribution in [3.05, 3.63) is 84.7 Å². The third-order valence-electron chi connectivity index (χ3n) is 6.06. The Morgan fingerprint density at radius 1 is 1.00 bits per heavy atom. The number of fused-ring (bicyclic) bond motifs is 1. The molecular weight excluding hydrogens is 384 g/mol. The zero-order chi connectivity index (χ0) is 21.0. The summed E-state index contributed by atoms with van der Waals surface area (Å²) in [5.74, 6) is 0.184. The van der Waals surface area contributed by atoms with Crippen molar-refractivity contribution >= 4 is 22.5 Å². The third-order valence-corrected chi connectivity index (χ3v) is 6.06. The van der Waals surface area contributed by atoms with Crippen LogP contribution in [0.4, 0.5) is 5.69 Å². The number of amides is 1. The number of nitrogens with zero attached hydrogens (tertiary/aromatic N) is 2. The van der Waals surface area contributed by atoms with E-state index in [9.17, 15) is 4.79 Å². The second kappa shape index (κ2) is 8.74. The second-order valence-corrected chi connectivity index (χ2v) is 8.21. The number of rotatable bonds is 5. The summed E-state index contributed by atoms with van der Waals surface area (Å²) < 4.78 is 0. The highest BCUT2D eigenvalue weighted by molar-refractivity contribution is 5.93. The van der Waals surface area contributed by atoms with Crippen LogP contribution in [0.2, 0.25) is 0 Å². The summed E-state index contributed by atoms with van der Waals surface area (Å²) in [6.07, 6.45) is 3.59. The minimum atomic E-state index is 0.0633. The maximum Gasteiger partial charge on any atom is 0.227 e. The van der Waals surface area contributed by atoms with Crippen LogP contribution in [0.25, 0.3) is 22.2 Å². The number of pyridine rings is 1. The summed E-state index contributed by atoms with van der Waals surface area (Å²) in [5, 5.41) is 4.30. The Bertz CT molecular complexity index is 1130. The molecule has 1 saturated heterocycles. The molecule has 0 aliphatic carbocycles. The average Bonchev–Trinajstić information content (AvgIpc) is 3.25. The number of hydrogen-bond acceptors (Lipinski definition) is 3. The van der Waals surface area contributed by atoms with E-state index in [4.69, 9.17) is 0 Å². The molecule has 0 saturated carbocycles. The van der Waals surface area contributed by atoms with Gasteiger partial charge in [0.2, 0.25) is 5.91 Å². The molecule has 1 aliphatic heterocycles. The van der Waals surface area contributed by atoms with Crippen LogP contribution in [0.3, 0.4) is 0 Å². The topological polar surface area (TPSA) is 61.0 Å². The molecule has 0 spiro atoms. The number of nitrogens with one attached hydrogen (secondary N) is 2. The predicted molar refractivity (Wildman–Crippen MR) is 125 cm³/mol. The molecule has 2 aromatic carbocycles. The van der Waals surface area contributed by atoms with Gasteiger partial charge >= 0.3 is 0 Å². The van der Waals surface area contributed by atoms with Gasteiger partial charge in [-0.25, -0.2) is 0 Å². The van der Waals surface area contributed by atoms with Gasteiger partial charge in [-0.15, -0.1) is 0 Å². The number of aromatic amines is 1. The number of aromatic nitrogens is 2. The lowest BCUT2D eigenvalue weighted by Crippen LogP contribution is -2.37. The third kappa shape index (κ3) is 4.52. The zero-order valence-corrected chi connectivity index (χ0v) is 17.4. The van der Waals surface area contributed by atoms with Crippen LogP contribution in [0, 0.1) is 5.92 Å². The van der Waals surface area contributed by atoms with Crippen molar-refractivity contribution in [3.8, 4) is 11.3 Å². The fourth-order valence-electron chi connectivity index (χ4n) is 4.28. The maximum atomic E-state index is 12.8. The summed E-state index contributed by atoms with van der Waals surface area (Å²) >= 11 is 0. The SMILES string of the molecule is O=C(Nc1ccc(-c2cc3ccccc3[nH]2)cc1)C1CCN(Cc2ccccn2)CC1. The fourth-order valence-corrected chi connectivity index (χ4v) is 4.28. The smallest absolute Gasteiger partial charge is 0.227 e. The van der Waals surface area contributed by atoms with E-state index >= 15 is 0 Å². The number of benzene rings is 2. The van der Waals surface area contributed by atoms with Gasteiger partial charge in [0, 0.05) is 40.9 Å². The highest BCUT2D eigenvalue weighted by Gasteiger charge is 2.25. The van der Waals surface area contributed by atoms with Gasteiger partial charge in [0.15, 0.2) is 0 Å². The van der Waals surface area contributed by atoms with Crippen LogP contribution in [0.5, 0.6) is 0 Å². The highest BCUT2D eigenvalue weighted by atomic mass is 16.1. The number of piperidine rings is 1. The van der Waals surface area contributed by atoms with Crippen molar-refractivity contribution in [3.63, 3.8) is 0 Å². The van der Waals surface area contributed by atoms with Crippen LogP contribution in [0.1, 0.15) is 18.5 Å². The van der Waals surface area contributed by atoms with E-state index in [-0.39, 0.29) is 11.8 Å². The largest absolute Gasteiger partial charge is 0.355 e. The fraction of sp³-hybridized carbons (Fsp3) is 0.231. The van der Waals surface area contributed by atoms with Crippen molar-refractivity contribution in [1.29, 1.82) is 0 Å². The van der Waals surface area contributed by atoms with Crippen LogP contribution in [-0.2, 0) is 11.3 Å². The van der Waals surface area contributed by atoms with Gasteiger partial charge in [-0.3, -0.25) is 14.7 Å². The van der Waals surface area contributed by atoms with Gasteiger partial charge in [0.05, 0.1) is 5.69 Å². The lowest BCUT2D eigenvalue weighted by atomic mass is 9.95. The molecule has 31 heavy (non-hydrogen) atoms. The van der Waals surface area contributed by atoms with E-state index in [0.717, 1.165) is 60.6 Å². The molecular formula is C26H26N4O. The van der Waals surface area contributed by atoms with E-state index in [2.05, 4.69) is 56.6 Å². The van der Waals surface area contributed by atoms with E-state index in [1.54, 1.807) is 0 Å². The summed E-state index contributed by atoms with van der Waals surface area (Å²) in [6.45, 7) is 2.70. The Kier molecular flexibility index (Phi) is 5.50. The van der Waals surface area contributed by atoms with E-state index in [1.807, 2.05) is 42.6 Å². The molecule has 2 aromatic heterocycles. The number of H-pyrrole nitrogens is 1. The minimum absolute atomic E-state index is 0.0633. The van der Waals surface area contributed by atoms with Crippen LogP contribution < -0.4 is 5.32 Å². The molecule has 0 atom stereocenters. The molecule has 156 valence electrons. The van der Waals surface area contributed by atoms with Gasteiger partial charge in [-0.1, -0.05) is 36.4 Å². The van der Waals surface area contributed by atoms with Gasteiger partial charge in [0.1, 0.15) is 0 Å². The monoisotopic (exact) mass is 410 g/mol. The number of carbonyl (C=O) groups is 1. The molecule has 1 aliphatic rings. The summed E-state index contributed by atoms with van der Waals surface area (Å²) in [4.78, 5) is 23.0. The highest BCUT2D eigenvalue weighted by Crippen LogP contribution is 2.26. The first-order valence-electron chi connectivity index (χ1n) is 10.9. The van der Waals surface area contributed by atoms with Gasteiger partial charge in [-0.05, 0) is 67.9 Å². The van der Waals surface area contributed by atoms with Crippen molar-refractivity contribution in [2.24, 2.45) is 5.92 Å². The molecule has 2 N–H and O–H groups in total. The Hall–Kier alpha value is -3.44. The van der Waals surface area contributed by atoms with Gasteiger partial charge < -0.3 is 10.3 Å². The molecule has 3 heterocycles. The quantitative estimate of drug-likeness (QED) is 0.482. The standard InChI is InChI=1S/C26H26N4O/c31-26(20-12-15-30(16-13-20)18-23-6-3-4-14-27-23)28-22-10-8-19(9-11-22)25-17-21-5-1-2-7-24(21)29-25/h1-11,14,17,20,29H,12-13,15-16,18H2,(H,28,31). The molecule has 5 nitrogen and oxygen atoms in total. The lowest BCUT2D eigenvalue weighted by molar-refractivity contribution is -0.121. The number of carbonyl (C=O) groups excluding carboxylic acids is 1. The van der Waals surface area contributed by atoms with Crippen molar-refractivity contribution in [1.82, 2.24) is 14.9 Å². The van der Waals surface area contributed by atoms with Crippen molar-refractivity contribution < 1.29 is 4.79 Å². The number of hydrogen-bond donors (Lipinski definition) is 2. The molecule has 0 radical (unpaired) electrons. The lowest BCUT2D eigenvalue weighted by Gasteiger charge is -2.31. The van der Waals surface area contributed by atoms with Crippen LogP contribution in [-0.4, -0.2) is 33.9 Å². The van der Waals surface area contributed by atoms with Crippen LogP contribution >= 0.6 is 0 Å². The normalized spacial score (nSPS) is 15.2. The second-order valence-electron chi connectivity index (χ2n) is 8.21. The first-order chi connectivity index (χ1) is 15.2. The predicted octanol–water partition coefficient (Wildman–Crippen LogP) is 5.08. The molecule has 4 aromatic rings. The summed E-state index contributed by atoms with van der Waals surface area (Å²) in [6, 6.07) is 24.5. The Morgan fingerprint density at radius 2 is 1.77 bits per heavy atom. The van der Waals surface area contributed by atoms with Crippen molar-refractivity contribution in [2.45, 2.75) is 19.4 Å². The number of anilines is 1. The Morgan fingerprint density at radius 3 is 2.52 bits per heavy atom. The Labute approximate surface area is 182 Å². The number of para-hydroxylation sites is 1. The number of likely N-dealkylation sites (tertiary alicyclic amines) is 1. The van der Waals surface area contributed by atoms with E-state index in [1.165, 1.54) is 5.39 Å². The molecule has 1 fully saturated rings. The summed E-state index contributed by atoms with van der Waals surface area (Å²) in [5.41, 5.74) is 5.25. The summed E-state index contributed by atoms with van der Waals surface area (Å²) in [7, 11) is 0. The van der Waals surface area contributed by atoms with Gasteiger partial charge in [0.25, 0.3) is 0 Å². The molecule has 5 rings (SSSR count). The van der Waals surface area contributed by atoms with Crippen LogP contribution in [0.15, 0.2) is 79.0 Å². The molecule has 0 bridgehead atoms. The first kappa shape index (κ1) is 19.5. The maximum absolute atomic E-state index is 12.8.